The van der Waals surface area contributed by atoms with E-state index in [1.165, 1.54) is 0 Å². The van der Waals surface area contributed by atoms with Gasteiger partial charge in [-0.15, -0.1) is 11.3 Å². The van der Waals surface area contributed by atoms with E-state index >= 15 is 0 Å². The molecule has 0 aliphatic rings. The number of thiophene rings is 1. The molecule has 0 radical (unpaired) electrons. The average molecular weight is 289 g/mol. The second kappa shape index (κ2) is 5.43. The molecule has 0 aromatic carbocycles. The fourth-order valence-electron chi connectivity index (χ4n) is 1.37. The van der Waals surface area contributed by atoms with E-state index in [1.54, 1.807) is 11.3 Å². The first-order valence-electron chi connectivity index (χ1n) is 5.32. The Kier molecular flexibility index (Phi) is 3.89. The molecular weight excluding hydrogens is 279 g/mol. The van der Waals surface area contributed by atoms with Crippen molar-refractivity contribution in [2.75, 3.05) is 12.3 Å². The van der Waals surface area contributed by atoms with Crippen LogP contribution in [0.2, 0.25) is 0 Å². The minimum Gasteiger partial charge on any atom is -0.477 e. The van der Waals surface area contributed by atoms with Gasteiger partial charge in [-0.05, 0) is 11.4 Å². The molecule has 2 aromatic heterocycles. The molecule has 0 bridgehead atoms. The molecule has 19 heavy (non-hydrogen) atoms. The predicted molar refractivity (Wildman–Crippen MR) is 65.0 cm³/mol. The van der Waals surface area contributed by atoms with Crippen molar-refractivity contribution in [2.24, 2.45) is 0 Å². The van der Waals surface area contributed by atoms with E-state index in [0.29, 0.717) is 6.42 Å². The molecule has 2 aromatic rings. The summed E-state index contributed by atoms with van der Waals surface area (Å²) in [5.74, 6) is -0.627. The maximum Gasteiger partial charge on any atom is 0.433 e. The molecule has 2 rings (SSSR count). The van der Waals surface area contributed by atoms with Crippen LogP contribution in [0.5, 0.6) is 5.88 Å². The largest absolute Gasteiger partial charge is 0.477 e. The lowest BCUT2D eigenvalue weighted by Crippen LogP contribution is -2.12. The third kappa shape index (κ3) is 3.82. The van der Waals surface area contributed by atoms with Gasteiger partial charge in [-0.2, -0.15) is 18.2 Å². The first-order chi connectivity index (χ1) is 8.95. The zero-order chi connectivity index (χ0) is 13.9. The Balaban J connectivity index is 2.02. The summed E-state index contributed by atoms with van der Waals surface area (Å²) in [6.45, 7) is 0.230. The summed E-state index contributed by atoms with van der Waals surface area (Å²) >= 11 is 1.55. The number of alkyl halides is 3. The van der Waals surface area contributed by atoms with Gasteiger partial charge in [-0.25, -0.2) is 4.98 Å². The van der Waals surface area contributed by atoms with Gasteiger partial charge in [0.25, 0.3) is 0 Å². The van der Waals surface area contributed by atoms with Crippen molar-refractivity contribution in [3.8, 4) is 5.88 Å². The summed E-state index contributed by atoms with van der Waals surface area (Å²) in [4.78, 5) is 7.82. The summed E-state index contributed by atoms with van der Waals surface area (Å²) < 4.78 is 42.7. The number of nitrogens with zero attached hydrogens (tertiary/aromatic N) is 2. The van der Waals surface area contributed by atoms with E-state index in [0.717, 1.165) is 10.9 Å². The highest BCUT2D eigenvalue weighted by Gasteiger charge is 2.33. The predicted octanol–water partition coefficient (Wildman–Crippen LogP) is 2.76. The second-order valence-corrected chi connectivity index (χ2v) is 4.66. The smallest absolute Gasteiger partial charge is 0.433 e. The number of hydrogen-bond acceptors (Lipinski definition) is 5. The van der Waals surface area contributed by atoms with Crippen LogP contribution >= 0.6 is 11.3 Å². The van der Waals surface area contributed by atoms with Crippen molar-refractivity contribution in [3.63, 3.8) is 0 Å². The van der Waals surface area contributed by atoms with Crippen LogP contribution in [0.4, 0.5) is 19.1 Å². The Bertz CT molecular complexity index is 543. The van der Waals surface area contributed by atoms with Crippen LogP contribution in [-0.4, -0.2) is 16.6 Å². The van der Waals surface area contributed by atoms with Gasteiger partial charge in [0.05, 0.1) is 6.61 Å². The molecule has 0 unspecified atom stereocenters. The molecule has 0 fully saturated rings. The van der Waals surface area contributed by atoms with Gasteiger partial charge < -0.3 is 10.5 Å². The number of aromatic nitrogens is 2. The fourth-order valence-corrected chi connectivity index (χ4v) is 2.06. The van der Waals surface area contributed by atoms with Crippen molar-refractivity contribution in [1.82, 2.24) is 9.97 Å². The van der Waals surface area contributed by atoms with Gasteiger partial charge in [-0.1, -0.05) is 6.07 Å². The highest BCUT2D eigenvalue weighted by atomic mass is 32.1. The van der Waals surface area contributed by atoms with Crippen LogP contribution in [0.1, 0.15) is 10.6 Å². The van der Waals surface area contributed by atoms with E-state index < -0.39 is 17.8 Å². The Hall–Kier alpha value is -1.83. The first-order valence-corrected chi connectivity index (χ1v) is 6.20. The number of anilines is 1. The molecular formula is C11H10F3N3OS. The van der Waals surface area contributed by atoms with Gasteiger partial charge in [-0.3, -0.25) is 0 Å². The number of hydrogen-bond donors (Lipinski definition) is 1. The lowest BCUT2D eigenvalue weighted by atomic mass is 10.3. The van der Waals surface area contributed by atoms with E-state index in [9.17, 15) is 13.2 Å². The highest BCUT2D eigenvalue weighted by molar-refractivity contribution is 7.09. The van der Waals surface area contributed by atoms with Crippen molar-refractivity contribution in [3.05, 3.63) is 34.2 Å². The molecule has 4 nitrogen and oxygen atoms in total. The summed E-state index contributed by atoms with van der Waals surface area (Å²) in [6, 6.07) is 4.55. The van der Waals surface area contributed by atoms with Crippen molar-refractivity contribution in [1.29, 1.82) is 0 Å². The van der Waals surface area contributed by atoms with Gasteiger partial charge in [0.2, 0.25) is 11.8 Å². The Labute approximate surface area is 111 Å². The maximum absolute atomic E-state index is 12.5. The van der Waals surface area contributed by atoms with Gasteiger partial charge in [0, 0.05) is 17.4 Å². The van der Waals surface area contributed by atoms with Gasteiger partial charge in [0.15, 0.2) is 5.69 Å². The lowest BCUT2D eigenvalue weighted by molar-refractivity contribution is -0.141. The standard InChI is InChI=1S/C11H10F3N3OS/c12-11(13,14)8-6-9(17-10(15)16-8)18-4-3-7-2-1-5-19-7/h1-2,5-6H,3-4H2,(H2,15,16,17). The molecule has 102 valence electrons. The number of rotatable bonds is 4. The Morgan fingerprint density at radius 2 is 2.11 bits per heavy atom. The zero-order valence-corrected chi connectivity index (χ0v) is 10.5. The first kappa shape index (κ1) is 13.6. The second-order valence-electron chi connectivity index (χ2n) is 3.63. The zero-order valence-electron chi connectivity index (χ0n) is 9.65. The third-order valence-corrected chi connectivity index (χ3v) is 3.13. The average Bonchev–Trinajstić information content (AvgIpc) is 2.80. The Morgan fingerprint density at radius 3 is 2.74 bits per heavy atom. The summed E-state index contributed by atoms with van der Waals surface area (Å²) in [6.07, 6.45) is -3.97. The number of ether oxygens (including phenoxy) is 1. The van der Waals surface area contributed by atoms with Crippen LogP contribution < -0.4 is 10.5 Å². The molecule has 0 atom stereocenters. The summed E-state index contributed by atoms with van der Waals surface area (Å²) in [5, 5.41) is 1.92. The molecule has 0 saturated heterocycles. The molecule has 0 spiro atoms. The molecule has 0 saturated carbocycles. The molecule has 0 amide bonds. The number of nitrogens with two attached hydrogens (primary N) is 1. The molecule has 0 aliphatic heterocycles. The highest BCUT2D eigenvalue weighted by Crippen LogP contribution is 2.29. The van der Waals surface area contributed by atoms with Crippen molar-refractivity contribution < 1.29 is 17.9 Å². The minimum absolute atomic E-state index is 0.170. The SMILES string of the molecule is Nc1nc(OCCc2cccs2)cc(C(F)(F)F)n1. The minimum atomic E-state index is -4.57. The van der Waals surface area contributed by atoms with Crippen LogP contribution in [0.15, 0.2) is 23.6 Å². The van der Waals surface area contributed by atoms with Crippen molar-refractivity contribution >= 4 is 17.3 Å². The normalized spacial score (nSPS) is 11.5. The van der Waals surface area contributed by atoms with Gasteiger partial charge in [0.1, 0.15) is 0 Å². The number of nitrogen functional groups attached to an aromatic ring is 1. The summed E-state index contributed by atoms with van der Waals surface area (Å²) in [7, 11) is 0. The third-order valence-electron chi connectivity index (χ3n) is 2.19. The lowest BCUT2D eigenvalue weighted by Gasteiger charge is -2.09. The molecule has 2 N–H and O–H groups in total. The van der Waals surface area contributed by atoms with Crippen LogP contribution in [0, 0.1) is 0 Å². The Morgan fingerprint density at radius 1 is 1.32 bits per heavy atom. The van der Waals surface area contributed by atoms with Crippen molar-refractivity contribution in [2.45, 2.75) is 12.6 Å². The molecule has 8 heteroatoms. The quantitative estimate of drug-likeness (QED) is 0.940. The summed E-state index contributed by atoms with van der Waals surface area (Å²) in [5.41, 5.74) is 4.12. The van der Waals surface area contributed by atoms with E-state index in [1.807, 2.05) is 17.5 Å². The van der Waals surface area contributed by atoms with Crippen LogP contribution in [-0.2, 0) is 12.6 Å². The molecule has 2 heterocycles. The maximum atomic E-state index is 12.5. The number of halogens is 3. The van der Waals surface area contributed by atoms with Crippen LogP contribution in [0.25, 0.3) is 0 Å². The van der Waals surface area contributed by atoms with E-state index in [4.69, 9.17) is 10.5 Å². The topological polar surface area (TPSA) is 61.0 Å². The van der Waals surface area contributed by atoms with Crippen LogP contribution in [0.3, 0.4) is 0 Å². The fraction of sp³-hybridized carbons (Fsp3) is 0.273. The molecule has 0 aliphatic carbocycles. The monoisotopic (exact) mass is 289 g/mol. The van der Waals surface area contributed by atoms with Gasteiger partial charge >= 0.3 is 6.18 Å². The van der Waals surface area contributed by atoms with E-state index in [2.05, 4.69) is 9.97 Å². The van der Waals surface area contributed by atoms with E-state index in [-0.39, 0.29) is 12.5 Å².